The molecule has 3 rings (SSSR count). The monoisotopic (exact) mass is 459 g/mol. The molecule has 2 aromatic carbocycles. The zero-order chi connectivity index (χ0) is 23.3. The molecule has 1 aliphatic rings. The van der Waals surface area contributed by atoms with E-state index < -0.39 is 38.3 Å². The van der Waals surface area contributed by atoms with Gasteiger partial charge in [0.1, 0.15) is 11.0 Å². The molecule has 1 amide bonds. The normalized spacial score (nSPS) is 16.8. The van der Waals surface area contributed by atoms with E-state index in [-0.39, 0.29) is 23.1 Å². The number of para-hydroxylation sites is 1. The molecule has 1 aliphatic heterocycles. The first-order chi connectivity index (χ1) is 15.2. The van der Waals surface area contributed by atoms with Crippen molar-refractivity contribution in [2.75, 3.05) is 0 Å². The highest BCUT2D eigenvalue weighted by molar-refractivity contribution is 8.15. The molecule has 0 saturated carbocycles. The number of amides is 1. The summed E-state index contributed by atoms with van der Waals surface area (Å²) in [4.78, 5) is 43.1. The standard InChI is InChI=1S/C18H13N5O8S/c24-16(25)8-15-17(26)20-18(32-15)21-19-9-10-3-1-2-4-13(10)31-14-6-5-11(22(27)28)7-12(14)23(29)30/h1-7,9,15H,8H2,(H,24,25)(H,20,21,26). The Bertz CT molecular complexity index is 1170. The Kier molecular flexibility index (Phi) is 6.74. The summed E-state index contributed by atoms with van der Waals surface area (Å²) < 4.78 is 5.59. The van der Waals surface area contributed by atoms with Crippen molar-refractivity contribution in [2.45, 2.75) is 11.7 Å². The number of carboxylic acid groups (broad SMARTS) is 1. The summed E-state index contributed by atoms with van der Waals surface area (Å²) in [7, 11) is 0. The van der Waals surface area contributed by atoms with E-state index in [1.165, 1.54) is 12.3 Å². The quantitative estimate of drug-likeness (QED) is 0.340. The molecule has 2 aromatic rings. The second-order valence-corrected chi connectivity index (χ2v) is 7.34. The number of amidine groups is 1. The van der Waals surface area contributed by atoms with Gasteiger partial charge in [-0.2, -0.15) is 5.10 Å². The van der Waals surface area contributed by atoms with Crippen molar-refractivity contribution in [1.29, 1.82) is 0 Å². The fourth-order valence-corrected chi connectivity index (χ4v) is 3.45. The number of ether oxygens (including phenoxy) is 1. The van der Waals surface area contributed by atoms with Gasteiger partial charge >= 0.3 is 11.7 Å². The van der Waals surface area contributed by atoms with Gasteiger partial charge in [-0.1, -0.05) is 23.9 Å². The molecule has 0 spiro atoms. The molecule has 2 N–H and O–H groups in total. The predicted octanol–water partition coefficient (Wildman–Crippen LogP) is 2.69. The average molecular weight is 459 g/mol. The maximum atomic E-state index is 11.7. The highest BCUT2D eigenvalue weighted by Gasteiger charge is 2.32. The summed E-state index contributed by atoms with van der Waals surface area (Å²) in [5.41, 5.74) is -0.659. The van der Waals surface area contributed by atoms with Crippen molar-refractivity contribution in [3.8, 4) is 11.5 Å². The number of hydrogen-bond donors (Lipinski definition) is 2. The third kappa shape index (κ3) is 5.42. The second-order valence-electron chi connectivity index (χ2n) is 6.15. The van der Waals surface area contributed by atoms with E-state index in [2.05, 4.69) is 15.5 Å². The maximum Gasteiger partial charge on any atom is 0.318 e. The van der Waals surface area contributed by atoms with E-state index in [1.54, 1.807) is 18.2 Å². The first kappa shape index (κ1) is 22.4. The van der Waals surface area contributed by atoms with Crippen molar-refractivity contribution in [1.82, 2.24) is 5.32 Å². The lowest BCUT2D eigenvalue weighted by Crippen LogP contribution is -2.26. The van der Waals surface area contributed by atoms with Gasteiger partial charge < -0.3 is 15.2 Å². The van der Waals surface area contributed by atoms with Gasteiger partial charge in [0, 0.05) is 11.6 Å². The third-order valence-corrected chi connectivity index (χ3v) is 5.04. The Morgan fingerprint density at radius 2 is 1.94 bits per heavy atom. The van der Waals surface area contributed by atoms with Crippen LogP contribution in [-0.4, -0.2) is 43.5 Å². The summed E-state index contributed by atoms with van der Waals surface area (Å²) in [6.45, 7) is 0. The molecule has 1 fully saturated rings. The van der Waals surface area contributed by atoms with Crippen LogP contribution in [0.5, 0.6) is 11.5 Å². The Morgan fingerprint density at radius 1 is 1.19 bits per heavy atom. The second kappa shape index (κ2) is 9.65. The first-order valence-corrected chi connectivity index (χ1v) is 9.62. The van der Waals surface area contributed by atoms with Crippen LogP contribution in [-0.2, 0) is 9.59 Å². The molecule has 14 heteroatoms. The number of carboxylic acids is 1. The van der Waals surface area contributed by atoms with Gasteiger partial charge in [-0.25, -0.2) is 0 Å². The molecule has 1 heterocycles. The van der Waals surface area contributed by atoms with Crippen molar-refractivity contribution < 1.29 is 29.3 Å². The van der Waals surface area contributed by atoms with E-state index in [0.717, 1.165) is 30.0 Å². The zero-order valence-electron chi connectivity index (χ0n) is 15.9. The molecule has 0 aromatic heterocycles. The lowest BCUT2D eigenvalue weighted by molar-refractivity contribution is -0.394. The molecule has 1 saturated heterocycles. The third-order valence-electron chi connectivity index (χ3n) is 3.97. The minimum atomic E-state index is -1.12. The fraction of sp³-hybridized carbons (Fsp3) is 0.111. The number of rotatable bonds is 8. The molecule has 0 bridgehead atoms. The van der Waals surface area contributed by atoms with Gasteiger partial charge in [0.25, 0.3) is 5.69 Å². The summed E-state index contributed by atoms with van der Waals surface area (Å²) in [6, 6.07) is 9.36. The maximum absolute atomic E-state index is 11.7. The molecule has 1 unspecified atom stereocenters. The van der Waals surface area contributed by atoms with Crippen LogP contribution in [0.25, 0.3) is 0 Å². The highest BCUT2D eigenvalue weighted by atomic mass is 32.2. The van der Waals surface area contributed by atoms with Gasteiger partial charge in [-0.05, 0) is 18.2 Å². The van der Waals surface area contributed by atoms with Crippen LogP contribution < -0.4 is 10.1 Å². The number of hydrogen-bond acceptors (Lipinski definition) is 10. The molecule has 1 atom stereocenters. The van der Waals surface area contributed by atoms with Crippen molar-refractivity contribution in [3.05, 3.63) is 68.3 Å². The molecular formula is C18H13N5O8S. The zero-order valence-corrected chi connectivity index (χ0v) is 16.7. The number of thioether (sulfide) groups is 1. The number of non-ortho nitro benzene ring substituents is 1. The molecule has 0 radical (unpaired) electrons. The first-order valence-electron chi connectivity index (χ1n) is 8.74. The van der Waals surface area contributed by atoms with Gasteiger partial charge in [-0.3, -0.25) is 29.8 Å². The van der Waals surface area contributed by atoms with Gasteiger partial charge in [-0.15, -0.1) is 5.10 Å². The number of nitrogens with zero attached hydrogens (tertiary/aromatic N) is 4. The predicted molar refractivity (Wildman–Crippen MR) is 113 cm³/mol. The number of carbonyl (C=O) groups excluding carboxylic acids is 1. The minimum absolute atomic E-state index is 0.127. The van der Waals surface area contributed by atoms with Crippen LogP contribution in [0.4, 0.5) is 11.4 Å². The minimum Gasteiger partial charge on any atom is -0.481 e. The molecule has 13 nitrogen and oxygen atoms in total. The van der Waals surface area contributed by atoms with Crippen LogP contribution in [0.2, 0.25) is 0 Å². The fourth-order valence-electron chi connectivity index (χ4n) is 2.54. The SMILES string of the molecule is O=C(O)CC1SC(=NN=Cc2ccccc2Oc2ccc([N+](=O)[O-])cc2[N+](=O)[O-])NC1=O. The number of aliphatic carboxylic acids is 1. The summed E-state index contributed by atoms with van der Waals surface area (Å²) in [5, 5.41) is 40.4. The van der Waals surface area contributed by atoms with Crippen molar-refractivity contribution >= 4 is 46.4 Å². The van der Waals surface area contributed by atoms with E-state index in [9.17, 15) is 29.8 Å². The molecule has 164 valence electrons. The Labute approximate surface area is 183 Å². The Hall–Kier alpha value is -4.33. The molecule has 0 aliphatic carbocycles. The summed E-state index contributed by atoms with van der Waals surface area (Å²) in [6.07, 6.45) is 0.917. The summed E-state index contributed by atoms with van der Waals surface area (Å²) in [5.74, 6) is -1.64. The number of nitro groups is 2. The lowest BCUT2D eigenvalue weighted by atomic mass is 10.2. The van der Waals surface area contributed by atoms with Crippen molar-refractivity contribution in [3.63, 3.8) is 0 Å². The summed E-state index contributed by atoms with van der Waals surface area (Å²) >= 11 is 0.931. The van der Waals surface area contributed by atoms with Crippen LogP contribution in [0.1, 0.15) is 12.0 Å². The van der Waals surface area contributed by atoms with Gasteiger partial charge in [0.05, 0.1) is 28.5 Å². The number of carbonyl (C=O) groups is 2. The number of nitro benzene ring substituents is 2. The lowest BCUT2D eigenvalue weighted by Gasteiger charge is -2.08. The van der Waals surface area contributed by atoms with Crippen LogP contribution in [0, 0.1) is 20.2 Å². The van der Waals surface area contributed by atoms with E-state index >= 15 is 0 Å². The van der Waals surface area contributed by atoms with Crippen LogP contribution >= 0.6 is 11.8 Å². The topological polar surface area (TPSA) is 187 Å². The Morgan fingerprint density at radius 3 is 2.62 bits per heavy atom. The highest BCUT2D eigenvalue weighted by Crippen LogP contribution is 2.35. The van der Waals surface area contributed by atoms with E-state index in [4.69, 9.17) is 9.84 Å². The molecule has 32 heavy (non-hydrogen) atoms. The smallest absolute Gasteiger partial charge is 0.318 e. The molecular weight excluding hydrogens is 446 g/mol. The number of benzene rings is 2. The van der Waals surface area contributed by atoms with Crippen LogP contribution in [0.15, 0.2) is 52.7 Å². The Balaban J connectivity index is 1.80. The van der Waals surface area contributed by atoms with E-state index in [1.807, 2.05) is 0 Å². The largest absolute Gasteiger partial charge is 0.481 e. The average Bonchev–Trinajstić information content (AvgIpc) is 3.07. The van der Waals surface area contributed by atoms with Crippen LogP contribution in [0.3, 0.4) is 0 Å². The van der Waals surface area contributed by atoms with Gasteiger partial charge in [0.15, 0.2) is 5.17 Å². The number of nitrogens with one attached hydrogen (secondary N) is 1. The van der Waals surface area contributed by atoms with Crippen molar-refractivity contribution in [2.24, 2.45) is 10.2 Å². The van der Waals surface area contributed by atoms with E-state index in [0.29, 0.717) is 5.56 Å². The van der Waals surface area contributed by atoms with Gasteiger partial charge in [0.2, 0.25) is 11.7 Å².